The molecule has 9 nitrogen and oxygen atoms in total. The molecule has 1 aliphatic heterocycles. The van der Waals surface area contributed by atoms with Gasteiger partial charge in [0.25, 0.3) is 5.91 Å². The SMILES string of the molecule is COc1ccc(C2C(C(=O)c3cc4cccc(OC)c4o3)=C(O)C(=O)N2c2nc3ccc(C)cc3s2)cc1OC. The molecule has 6 rings (SSSR count). The zero-order chi connectivity index (χ0) is 28.1. The molecule has 1 amide bonds. The number of aromatic nitrogens is 1. The highest BCUT2D eigenvalue weighted by molar-refractivity contribution is 7.22. The Hall–Kier alpha value is -4.83. The van der Waals surface area contributed by atoms with Gasteiger partial charge in [-0.2, -0.15) is 0 Å². The zero-order valence-corrected chi connectivity index (χ0v) is 22.9. The largest absolute Gasteiger partial charge is 0.503 e. The fraction of sp³-hybridized carbons (Fsp3) is 0.167. The van der Waals surface area contributed by atoms with E-state index in [2.05, 4.69) is 4.98 Å². The number of Topliss-reactive ketones (excluding diaryl/α,β-unsaturated/α-hetero) is 1. The molecular weight excluding hydrogens is 532 g/mol. The Kier molecular flexibility index (Phi) is 6.19. The summed E-state index contributed by atoms with van der Waals surface area (Å²) < 4.78 is 23.0. The first kappa shape index (κ1) is 25.4. The Bertz CT molecular complexity index is 1850. The maximum atomic E-state index is 14.0. The van der Waals surface area contributed by atoms with E-state index in [1.165, 1.54) is 37.6 Å². The number of fused-ring (bicyclic) bond motifs is 2. The molecule has 0 saturated carbocycles. The summed E-state index contributed by atoms with van der Waals surface area (Å²) in [5.74, 6) is -0.758. The number of thiazole rings is 1. The zero-order valence-electron chi connectivity index (χ0n) is 22.1. The number of carbonyl (C=O) groups excluding carboxylic acids is 2. The lowest BCUT2D eigenvalue weighted by molar-refractivity contribution is -0.117. The van der Waals surface area contributed by atoms with Crippen LogP contribution in [0.2, 0.25) is 0 Å². The van der Waals surface area contributed by atoms with Crippen LogP contribution < -0.4 is 19.1 Å². The lowest BCUT2D eigenvalue weighted by Crippen LogP contribution is -2.31. The molecule has 3 heterocycles. The van der Waals surface area contributed by atoms with Gasteiger partial charge in [-0.05, 0) is 54.4 Å². The predicted molar refractivity (Wildman–Crippen MR) is 151 cm³/mol. The average molecular weight is 557 g/mol. The molecule has 0 spiro atoms. The number of hydrogen-bond donors (Lipinski definition) is 1. The molecule has 2 aromatic heterocycles. The second-order valence-corrected chi connectivity index (χ2v) is 10.2. The van der Waals surface area contributed by atoms with Gasteiger partial charge in [-0.25, -0.2) is 4.98 Å². The summed E-state index contributed by atoms with van der Waals surface area (Å²) in [6.45, 7) is 1.97. The first-order valence-corrected chi connectivity index (χ1v) is 13.1. The van der Waals surface area contributed by atoms with Gasteiger partial charge in [0.15, 0.2) is 39.5 Å². The van der Waals surface area contributed by atoms with Crippen molar-refractivity contribution in [3.05, 3.63) is 88.9 Å². The van der Waals surface area contributed by atoms with Crippen molar-refractivity contribution >= 4 is 49.3 Å². The number of hydrogen-bond acceptors (Lipinski definition) is 9. The van der Waals surface area contributed by atoms with Crippen LogP contribution in [0.4, 0.5) is 5.13 Å². The van der Waals surface area contributed by atoms with Gasteiger partial charge >= 0.3 is 0 Å². The molecule has 0 radical (unpaired) electrons. The molecule has 3 aromatic carbocycles. The highest BCUT2D eigenvalue weighted by Crippen LogP contribution is 2.46. The number of ether oxygens (including phenoxy) is 3. The number of nitrogens with zero attached hydrogens (tertiary/aromatic N) is 2. The van der Waals surface area contributed by atoms with E-state index >= 15 is 0 Å². The second kappa shape index (κ2) is 9.73. The van der Waals surface area contributed by atoms with Gasteiger partial charge in [-0.15, -0.1) is 0 Å². The Morgan fingerprint density at radius 2 is 1.75 bits per heavy atom. The highest BCUT2D eigenvalue weighted by atomic mass is 32.1. The summed E-state index contributed by atoms with van der Waals surface area (Å²) in [4.78, 5) is 33.7. The number of methoxy groups -OCH3 is 3. The molecule has 0 saturated heterocycles. The quantitative estimate of drug-likeness (QED) is 0.237. The van der Waals surface area contributed by atoms with Crippen molar-refractivity contribution in [1.82, 2.24) is 4.98 Å². The van der Waals surface area contributed by atoms with Crippen molar-refractivity contribution in [3.8, 4) is 17.2 Å². The number of aliphatic hydroxyl groups is 1. The average Bonchev–Trinajstić information content (AvgIpc) is 3.66. The minimum Gasteiger partial charge on any atom is -0.503 e. The number of amides is 1. The third-order valence-electron chi connectivity index (χ3n) is 6.87. The summed E-state index contributed by atoms with van der Waals surface area (Å²) in [5.41, 5.74) is 2.52. The topological polar surface area (TPSA) is 111 Å². The van der Waals surface area contributed by atoms with Crippen molar-refractivity contribution in [2.45, 2.75) is 13.0 Å². The first-order valence-electron chi connectivity index (χ1n) is 12.3. The number of anilines is 1. The van der Waals surface area contributed by atoms with Crippen LogP contribution in [-0.2, 0) is 4.79 Å². The first-order chi connectivity index (χ1) is 19.3. The number of rotatable bonds is 7. The van der Waals surface area contributed by atoms with Crippen molar-refractivity contribution < 1.29 is 33.3 Å². The predicted octanol–water partition coefficient (Wildman–Crippen LogP) is 6.16. The molecule has 10 heteroatoms. The van der Waals surface area contributed by atoms with Crippen LogP contribution in [0.1, 0.15) is 27.7 Å². The number of furan rings is 1. The molecular formula is C30H24N2O7S. The van der Waals surface area contributed by atoms with E-state index < -0.39 is 23.5 Å². The van der Waals surface area contributed by atoms with E-state index in [-0.39, 0.29) is 11.3 Å². The van der Waals surface area contributed by atoms with Crippen LogP contribution >= 0.6 is 11.3 Å². The van der Waals surface area contributed by atoms with Crippen LogP contribution in [0.3, 0.4) is 0 Å². The summed E-state index contributed by atoms with van der Waals surface area (Å²) in [7, 11) is 4.52. The third kappa shape index (κ3) is 3.95. The van der Waals surface area contributed by atoms with Crippen LogP contribution in [0.25, 0.3) is 21.2 Å². The minimum absolute atomic E-state index is 0.0406. The van der Waals surface area contributed by atoms with Gasteiger partial charge in [-0.1, -0.05) is 35.6 Å². The summed E-state index contributed by atoms with van der Waals surface area (Å²) >= 11 is 1.30. The summed E-state index contributed by atoms with van der Waals surface area (Å²) in [6.07, 6.45) is 0. The maximum Gasteiger partial charge on any atom is 0.296 e. The van der Waals surface area contributed by atoms with E-state index in [1.807, 2.05) is 25.1 Å². The number of para-hydroxylation sites is 1. The molecule has 0 fully saturated rings. The Labute approximate surface area is 232 Å². The van der Waals surface area contributed by atoms with E-state index in [4.69, 9.17) is 18.6 Å². The summed E-state index contributed by atoms with van der Waals surface area (Å²) in [5, 5.41) is 12.2. The molecule has 0 aliphatic carbocycles. The number of aliphatic hydroxyl groups excluding tert-OH is 1. The third-order valence-corrected chi connectivity index (χ3v) is 7.88. The van der Waals surface area contributed by atoms with Gasteiger partial charge in [0, 0.05) is 5.39 Å². The summed E-state index contributed by atoms with van der Waals surface area (Å²) in [6, 6.07) is 16.7. The molecule has 1 aliphatic rings. The van der Waals surface area contributed by atoms with Crippen LogP contribution in [0.15, 0.2) is 76.4 Å². The van der Waals surface area contributed by atoms with E-state index in [0.29, 0.717) is 44.4 Å². The van der Waals surface area contributed by atoms with Gasteiger partial charge in [0.2, 0.25) is 5.78 Å². The standard InChI is InChI=1S/C30H24N2O7S/c1-15-8-10-18-23(12-15)40-30(31-18)32-25(16-9-11-19(36-2)21(13-16)38-4)24(27(34)29(32)35)26(33)22-14-17-6-5-7-20(37-3)28(17)39-22/h5-14,25,34H,1-4H3. The molecule has 1 atom stereocenters. The van der Waals surface area contributed by atoms with Crippen LogP contribution in [-0.4, -0.2) is 43.1 Å². The molecule has 5 aromatic rings. The molecule has 1 N–H and O–H groups in total. The lowest BCUT2D eigenvalue weighted by atomic mass is 9.95. The Morgan fingerprint density at radius 3 is 2.50 bits per heavy atom. The van der Waals surface area contributed by atoms with Crippen molar-refractivity contribution in [3.63, 3.8) is 0 Å². The number of carbonyl (C=O) groups is 2. The molecule has 202 valence electrons. The van der Waals surface area contributed by atoms with Crippen molar-refractivity contribution in [2.24, 2.45) is 0 Å². The number of benzene rings is 3. The lowest BCUT2D eigenvalue weighted by Gasteiger charge is -2.25. The van der Waals surface area contributed by atoms with Gasteiger partial charge < -0.3 is 23.7 Å². The molecule has 40 heavy (non-hydrogen) atoms. The number of ketones is 1. The van der Waals surface area contributed by atoms with E-state index in [0.717, 1.165) is 10.3 Å². The highest BCUT2D eigenvalue weighted by Gasteiger charge is 2.47. The van der Waals surface area contributed by atoms with Crippen molar-refractivity contribution in [1.29, 1.82) is 0 Å². The van der Waals surface area contributed by atoms with Crippen molar-refractivity contribution in [2.75, 3.05) is 26.2 Å². The Balaban J connectivity index is 1.53. The van der Waals surface area contributed by atoms with E-state index in [1.54, 1.807) is 42.5 Å². The fourth-order valence-electron chi connectivity index (χ4n) is 4.94. The number of aryl methyl sites for hydroxylation is 1. The second-order valence-electron chi connectivity index (χ2n) is 9.24. The van der Waals surface area contributed by atoms with E-state index in [9.17, 15) is 14.7 Å². The van der Waals surface area contributed by atoms with Gasteiger partial charge in [-0.3, -0.25) is 14.5 Å². The molecule has 1 unspecified atom stereocenters. The smallest absolute Gasteiger partial charge is 0.296 e. The van der Waals surface area contributed by atoms with Gasteiger partial charge in [0.1, 0.15) is 0 Å². The van der Waals surface area contributed by atoms with Crippen LogP contribution in [0.5, 0.6) is 17.2 Å². The Morgan fingerprint density at radius 1 is 0.975 bits per heavy atom. The minimum atomic E-state index is -1.02. The van der Waals surface area contributed by atoms with Crippen LogP contribution in [0, 0.1) is 6.92 Å². The fourth-order valence-corrected chi connectivity index (χ4v) is 6.03. The molecule has 0 bridgehead atoms. The van der Waals surface area contributed by atoms with Gasteiger partial charge in [0.05, 0.1) is 43.2 Å². The maximum absolute atomic E-state index is 14.0. The monoisotopic (exact) mass is 556 g/mol. The normalized spacial score (nSPS) is 15.3.